The third-order valence-corrected chi connectivity index (χ3v) is 15.6. The maximum absolute atomic E-state index is 3.15. The highest BCUT2D eigenvalue weighted by atomic mass is 32.1. The predicted molar refractivity (Wildman–Crippen MR) is 277 cm³/mol. The van der Waals surface area contributed by atoms with E-state index in [1.54, 1.807) is 0 Å². The molecule has 314 valence electrons. The zero-order valence-corrected chi connectivity index (χ0v) is 38.7. The third-order valence-electron chi connectivity index (χ3n) is 14.4. The highest BCUT2D eigenvalue weighted by molar-refractivity contribution is 7.20. The molecule has 0 saturated carbocycles. The first-order chi connectivity index (χ1) is 31.4. The minimum atomic E-state index is -0.106. The van der Waals surface area contributed by atoms with Gasteiger partial charge in [0, 0.05) is 49.3 Å². The third kappa shape index (κ3) is 6.67. The first-order valence-electron chi connectivity index (χ1n) is 23.5. The van der Waals surface area contributed by atoms with Crippen LogP contribution in [0.4, 0.5) is 0 Å². The fourth-order valence-electron chi connectivity index (χ4n) is 11.1. The molecule has 0 unspecified atom stereocenters. The number of unbranched alkanes of at least 4 members (excludes halogenated alkanes) is 1. The lowest BCUT2D eigenvalue weighted by Gasteiger charge is -2.23. The largest absolute Gasteiger partial charge is 0.313 e. The van der Waals surface area contributed by atoms with Crippen molar-refractivity contribution < 1.29 is 0 Å². The van der Waals surface area contributed by atoms with Gasteiger partial charge in [-0.15, -0.1) is 17.3 Å². The van der Waals surface area contributed by atoms with Crippen molar-refractivity contribution in [3.63, 3.8) is 0 Å². The van der Waals surface area contributed by atoms with Crippen molar-refractivity contribution in [3.05, 3.63) is 194 Å². The zero-order chi connectivity index (χ0) is 43.5. The van der Waals surface area contributed by atoms with Crippen LogP contribution in [0.15, 0.2) is 145 Å². The number of aromatic nitrogens is 1. The minimum Gasteiger partial charge on any atom is -0.313 e. The van der Waals surface area contributed by atoms with Crippen molar-refractivity contribution >= 4 is 55.6 Å². The van der Waals surface area contributed by atoms with Crippen LogP contribution in [0, 0.1) is 11.8 Å². The van der Waals surface area contributed by atoms with Crippen molar-refractivity contribution in [1.82, 2.24) is 4.57 Å². The van der Waals surface area contributed by atoms with Gasteiger partial charge in [-0.05, 0) is 167 Å². The van der Waals surface area contributed by atoms with E-state index in [0.29, 0.717) is 0 Å². The van der Waals surface area contributed by atoms with Gasteiger partial charge < -0.3 is 4.57 Å². The van der Waals surface area contributed by atoms with Crippen molar-refractivity contribution in [1.29, 1.82) is 0 Å². The lowest BCUT2D eigenvalue weighted by atomic mass is 9.82. The second-order valence-corrected chi connectivity index (χ2v) is 19.6. The second kappa shape index (κ2) is 16.3. The normalized spacial score (nSPS) is 17.1. The quantitative estimate of drug-likeness (QED) is 0.106. The molecule has 0 aliphatic heterocycles. The molecule has 7 aromatic rings. The van der Waals surface area contributed by atoms with E-state index < -0.39 is 0 Å². The Balaban J connectivity index is 1.04. The monoisotopic (exact) mass is 845 g/mol. The number of aryl methyl sites for hydroxylation is 1. The van der Waals surface area contributed by atoms with Crippen molar-refractivity contribution in [2.75, 3.05) is 0 Å². The molecule has 2 aromatic heterocycles. The van der Waals surface area contributed by atoms with Crippen molar-refractivity contribution in [2.45, 2.75) is 91.4 Å². The highest BCUT2D eigenvalue weighted by Gasteiger charge is 2.38. The van der Waals surface area contributed by atoms with E-state index in [1.807, 2.05) is 18.3 Å². The van der Waals surface area contributed by atoms with Gasteiger partial charge in [0.25, 0.3) is 0 Å². The number of hydrogen-bond donors (Lipinski definition) is 0. The molecule has 0 bridgehead atoms. The molecule has 0 radical (unpaired) electrons. The van der Waals surface area contributed by atoms with Gasteiger partial charge in [-0.25, -0.2) is 0 Å². The van der Waals surface area contributed by atoms with Gasteiger partial charge in [-0.2, -0.15) is 0 Å². The topological polar surface area (TPSA) is 4.93 Å². The van der Waals surface area contributed by atoms with Gasteiger partial charge in [0.05, 0.1) is 5.52 Å². The molecule has 0 atom stereocenters. The SMILES string of the molecule is CC#CC/C=C\C(=C/C)c1ccc(-c2ccc3c(c2)c2c(n3-c3ccc4c(c3)C(C)(C)c3ccc5c6c(sc5c3-4)C=CCC6)CCC(/C=C3\Cc4ccccc4\C3=C\CCC)=C2)cc1. The Kier molecular flexibility index (Phi) is 10.3. The van der Waals surface area contributed by atoms with Crippen LogP contribution in [0.25, 0.3) is 72.2 Å². The van der Waals surface area contributed by atoms with Crippen LogP contribution in [-0.4, -0.2) is 4.57 Å². The summed E-state index contributed by atoms with van der Waals surface area (Å²) in [6, 6.07) is 37.5. The summed E-state index contributed by atoms with van der Waals surface area (Å²) in [6.07, 6.45) is 27.1. The van der Waals surface area contributed by atoms with Gasteiger partial charge in [-0.1, -0.05) is 142 Å². The van der Waals surface area contributed by atoms with E-state index in [9.17, 15) is 0 Å². The van der Waals surface area contributed by atoms with Gasteiger partial charge in [-0.3, -0.25) is 0 Å². The molecule has 0 amide bonds. The fraction of sp³-hybridized carbons (Fsp3) is 0.226. The number of hydrogen-bond acceptors (Lipinski definition) is 1. The molecule has 4 aliphatic carbocycles. The number of allylic oxidation sites excluding steroid dienone is 10. The highest BCUT2D eigenvalue weighted by Crippen LogP contribution is 2.55. The number of thiophene rings is 1. The summed E-state index contributed by atoms with van der Waals surface area (Å²) in [5.74, 6) is 6.14. The van der Waals surface area contributed by atoms with Crippen molar-refractivity contribution in [2.24, 2.45) is 0 Å². The Morgan fingerprint density at radius 2 is 1.72 bits per heavy atom. The standard InChI is InChI=1S/C62H55NS/c1-6-9-11-12-17-41(8-3)42-24-26-43(27-25-42)44-28-34-58-54(38-44)53-36-40(35-46-37-45-18-13-14-20-48(45)49(46)19-10-7-2)23-33-57(53)63(58)47-29-30-52-56(39-47)62(4,5)55-32-31-51-50-21-15-16-22-59(50)64-61(51)60(52)55/h8,12-14,16-20,22,24-32,34-36,38-39H,7,10-11,15,21,23,33,37H2,1-5H3/b17-12-,41-8+,46-35+,49-19+. The summed E-state index contributed by atoms with van der Waals surface area (Å²) >= 11 is 1.99. The smallest absolute Gasteiger partial charge is 0.0538 e. The molecular formula is C62H55NS. The molecule has 4 aliphatic rings. The number of rotatable bonds is 8. The Morgan fingerprint density at radius 1 is 0.859 bits per heavy atom. The minimum absolute atomic E-state index is 0.106. The summed E-state index contributed by atoms with van der Waals surface area (Å²) in [5, 5.41) is 2.77. The van der Waals surface area contributed by atoms with E-state index in [1.165, 1.54) is 121 Å². The molecule has 11 rings (SSSR count). The molecule has 0 spiro atoms. The van der Waals surface area contributed by atoms with E-state index in [0.717, 1.165) is 51.4 Å². The number of nitrogens with zero attached hydrogens (tertiary/aromatic N) is 1. The van der Waals surface area contributed by atoms with Crippen molar-refractivity contribution in [3.8, 4) is 39.8 Å². The zero-order valence-electron chi connectivity index (χ0n) is 37.9. The average molecular weight is 846 g/mol. The lowest BCUT2D eigenvalue weighted by molar-refractivity contribution is 0.660. The van der Waals surface area contributed by atoms with Crippen LogP contribution in [-0.2, 0) is 24.7 Å². The Morgan fingerprint density at radius 3 is 2.56 bits per heavy atom. The van der Waals surface area contributed by atoms with Crippen LogP contribution < -0.4 is 0 Å². The van der Waals surface area contributed by atoms with E-state index in [4.69, 9.17) is 0 Å². The van der Waals surface area contributed by atoms with Gasteiger partial charge >= 0.3 is 0 Å². The van der Waals surface area contributed by atoms with E-state index >= 15 is 0 Å². The molecule has 2 heterocycles. The molecule has 0 fully saturated rings. The maximum Gasteiger partial charge on any atom is 0.0538 e. The van der Waals surface area contributed by atoms with Crippen LogP contribution in [0.5, 0.6) is 0 Å². The van der Waals surface area contributed by atoms with Gasteiger partial charge in [0.2, 0.25) is 0 Å². The van der Waals surface area contributed by atoms with E-state index in [2.05, 4.69) is 190 Å². The Hall–Kier alpha value is -6.40. The summed E-state index contributed by atoms with van der Waals surface area (Å²) in [6.45, 7) is 11.2. The van der Waals surface area contributed by atoms with Crippen LogP contribution in [0.2, 0.25) is 0 Å². The summed E-state index contributed by atoms with van der Waals surface area (Å²) in [5.41, 5.74) is 24.6. The summed E-state index contributed by atoms with van der Waals surface area (Å²) in [7, 11) is 0. The van der Waals surface area contributed by atoms with Gasteiger partial charge in [0.1, 0.15) is 0 Å². The molecule has 5 aromatic carbocycles. The average Bonchev–Trinajstić information content (AvgIpc) is 4.04. The fourth-order valence-corrected chi connectivity index (χ4v) is 12.5. The molecular weight excluding hydrogens is 791 g/mol. The first-order valence-corrected chi connectivity index (χ1v) is 24.3. The molecule has 1 nitrogen and oxygen atoms in total. The van der Waals surface area contributed by atoms with Crippen LogP contribution >= 0.6 is 11.3 Å². The summed E-state index contributed by atoms with van der Waals surface area (Å²) < 4.78 is 4.07. The molecule has 64 heavy (non-hydrogen) atoms. The second-order valence-electron chi connectivity index (χ2n) is 18.5. The Labute approximate surface area is 383 Å². The molecule has 2 heteroatoms. The van der Waals surface area contributed by atoms with E-state index in [-0.39, 0.29) is 5.41 Å². The molecule has 0 saturated heterocycles. The Bertz CT molecular complexity index is 3310. The lowest BCUT2D eigenvalue weighted by Crippen LogP contribution is -2.15. The van der Waals surface area contributed by atoms with Crippen LogP contribution in [0.3, 0.4) is 0 Å². The number of fused-ring (bicyclic) bond motifs is 11. The summed E-state index contributed by atoms with van der Waals surface area (Å²) in [4.78, 5) is 1.44. The molecule has 0 N–H and O–H groups in total. The van der Waals surface area contributed by atoms with Gasteiger partial charge in [0.15, 0.2) is 0 Å². The number of benzene rings is 5. The maximum atomic E-state index is 3.15. The first kappa shape index (κ1) is 40.4. The van der Waals surface area contributed by atoms with Crippen LogP contribution in [0.1, 0.15) is 116 Å². The predicted octanol–water partition coefficient (Wildman–Crippen LogP) is 16.8.